The Kier molecular flexibility index (Phi) is 3.53. The summed E-state index contributed by atoms with van der Waals surface area (Å²) in [5.41, 5.74) is 3.26. The predicted octanol–water partition coefficient (Wildman–Crippen LogP) is 3.23. The van der Waals surface area contributed by atoms with Gasteiger partial charge in [0, 0.05) is 12.4 Å². The molecule has 1 aliphatic rings. The van der Waals surface area contributed by atoms with Crippen molar-refractivity contribution in [2.75, 3.05) is 0 Å². The molecule has 132 valence electrons. The smallest absolute Gasteiger partial charge is 0.296 e. The van der Waals surface area contributed by atoms with Gasteiger partial charge in [-0.1, -0.05) is 36.4 Å². The second kappa shape index (κ2) is 6.06. The number of aromatic nitrogens is 3. The van der Waals surface area contributed by atoms with Crippen molar-refractivity contribution in [3.8, 4) is 11.4 Å². The molecule has 0 unspecified atom stereocenters. The van der Waals surface area contributed by atoms with Crippen LogP contribution in [0.4, 0.5) is 0 Å². The monoisotopic (exact) mass is 355 g/mol. The summed E-state index contributed by atoms with van der Waals surface area (Å²) in [4.78, 5) is 20.7. The Balaban J connectivity index is 1.55. The van der Waals surface area contributed by atoms with Crippen LogP contribution in [0.3, 0.4) is 0 Å². The number of benzene rings is 1. The van der Waals surface area contributed by atoms with E-state index in [9.17, 15) is 4.79 Å². The van der Waals surface area contributed by atoms with Gasteiger partial charge < -0.3 is 5.32 Å². The van der Waals surface area contributed by atoms with Crippen molar-refractivity contribution in [1.82, 2.24) is 15.3 Å². The molecule has 0 spiro atoms. The molecule has 2 N–H and O–H groups in total. The van der Waals surface area contributed by atoms with Crippen molar-refractivity contribution in [3.63, 3.8) is 0 Å². The number of imidazole rings is 1. The predicted molar refractivity (Wildman–Crippen MR) is 102 cm³/mol. The topological polar surface area (TPSA) is 61.9 Å². The van der Waals surface area contributed by atoms with E-state index in [2.05, 4.69) is 27.4 Å². The maximum Gasteiger partial charge on any atom is 0.296 e. The molecule has 4 aromatic rings. The van der Waals surface area contributed by atoms with Gasteiger partial charge in [-0.25, -0.2) is 4.98 Å². The molecule has 1 fully saturated rings. The molecule has 5 rings (SSSR count). The van der Waals surface area contributed by atoms with Gasteiger partial charge in [0.15, 0.2) is 5.52 Å². The first-order chi connectivity index (χ1) is 13.3. The number of amides is 1. The van der Waals surface area contributed by atoms with Crippen LogP contribution in [0.5, 0.6) is 0 Å². The van der Waals surface area contributed by atoms with Crippen molar-refractivity contribution in [3.05, 3.63) is 90.5 Å². The summed E-state index contributed by atoms with van der Waals surface area (Å²) in [6, 6.07) is 19.9. The molecule has 3 heterocycles. The number of carbonyl (C=O) groups excluding carboxylic acids is 1. The third kappa shape index (κ3) is 2.68. The largest absolute Gasteiger partial charge is 0.339 e. The van der Waals surface area contributed by atoms with E-state index in [-0.39, 0.29) is 11.4 Å². The van der Waals surface area contributed by atoms with Gasteiger partial charge in [-0.15, -0.1) is 0 Å². The highest BCUT2D eigenvalue weighted by Crippen LogP contribution is 2.45. The molecule has 0 bridgehead atoms. The molecule has 0 radical (unpaired) electrons. The molecule has 1 aliphatic carbocycles. The number of nitrogens with one attached hydrogen (secondary N) is 2. The molecule has 1 aromatic carbocycles. The summed E-state index contributed by atoms with van der Waals surface area (Å²) < 4.78 is 1.99. The first kappa shape index (κ1) is 15.8. The first-order valence-corrected chi connectivity index (χ1v) is 9.08. The lowest BCUT2D eigenvalue weighted by molar-refractivity contribution is -0.498. The molecule has 1 saturated carbocycles. The van der Waals surface area contributed by atoms with Crippen molar-refractivity contribution in [1.29, 1.82) is 0 Å². The Bertz CT molecular complexity index is 1110. The highest BCUT2D eigenvalue weighted by Gasteiger charge is 2.46. The third-order valence-electron chi connectivity index (χ3n) is 5.19. The lowest BCUT2D eigenvalue weighted by Crippen LogP contribution is -2.35. The van der Waals surface area contributed by atoms with Crippen LogP contribution in [0.25, 0.3) is 16.9 Å². The van der Waals surface area contributed by atoms with E-state index in [1.54, 1.807) is 12.4 Å². The van der Waals surface area contributed by atoms with Gasteiger partial charge in [0.1, 0.15) is 0 Å². The zero-order valence-corrected chi connectivity index (χ0v) is 14.7. The minimum atomic E-state index is -0.246. The molecule has 5 heteroatoms. The Morgan fingerprint density at radius 2 is 1.85 bits per heavy atom. The summed E-state index contributed by atoms with van der Waals surface area (Å²) >= 11 is 0. The number of H-pyrrole nitrogens is 1. The average Bonchev–Trinajstić information content (AvgIpc) is 3.41. The normalized spacial score (nSPS) is 14.8. The van der Waals surface area contributed by atoms with Gasteiger partial charge in [0.2, 0.25) is 5.69 Å². The standard InChI is InChI=1S/C22H18N4O/c27-21(25-22(11-12-22)17-8-2-1-3-9-17)19-18-10-4-5-14-26(18)20(24-19)16-7-6-13-23-15-16/h1-10,13-15H,11-12H2,(H,25,27)/p+1. The summed E-state index contributed by atoms with van der Waals surface area (Å²) in [5.74, 6) is 0.753. The molecule has 0 aliphatic heterocycles. The molecule has 0 saturated heterocycles. The summed E-state index contributed by atoms with van der Waals surface area (Å²) in [5, 5.41) is 3.26. The molecule has 3 aromatic heterocycles. The lowest BCUT2D eigenvalue weighted by atomic mass is 10.0. The van der Waals surface area contributed by atoms with Gasteiger partial charge in [-0.2, -0.15) is 4.40 Å². The number of pyridine rings is 2. The van der Waals surface area contributed by atoms with Crippen LogP contribution in [-0.2, 0) is 5.54 Å². The van der Waals surface area contributed by atoms with E-state index in [1.165, 1.54) is 0 Å². The first-order valence-electron chi connectivity index (χ1n) is 9.08. The zero-order chi connectivity index (χ0) is 18.3. The summed E-state index contributed by atoms with van der Waals surface area (Å²) in [6.07, 6.45) is 7.41. The Morgan fingerprint density at radius 1 is 1.04 bits per heavy atom. The van der Waals surface area contributed by atoms with Gasteiger partial charge in [-0.3, -0.25) is 9.78 Å². The second-order valence-electron chi connectivity index (χ2n) is 6.95. The zero-order valence-electron chi connectivity index (χ0n) is 14.7. The van der Waals surface area contributed by atoms with E-state index in [0.29, 0.717) is 5.69 Å². The Labute approximate surface area is 156 Å². The average molecular weight is 355 g/mol. The van der Waals surface area contributed by atoms with E-state index < -0.39 is 0 Å². The van der Waals surface area contributed by atoms with Crippen LogP contribution in [0, 0.1) is 0 Å². The van der Waals surface area contributed by atoms with E-state index in [0.717, 1.165) is 35.3 Å². The van der Waals surface area contributed by atoms with Crippen LogP contribution in [0.15, 0.2) is 79.3 Å². The molecular weight excluding hydrogens is 336 g/mol. The quantitative estimate of drug-likeness (QED) is 0.552. The van der Waals surface area contributed by atoms with Crippen LogP contribution in [-0.4, -0.2) is 15.9 Å². The van der Waals surface area contributed by atoms with Gasteiger partial charge >= 0.3 is 0 Å². The van der Waals surface area contributed by atoms with E-state index in [4.69, 9.17) is 0 Å². The molecule has 27 heavy (non-hydrogen) atoms. The number of nitrogens with zero attached hydrogens (tertiary/aromatic N) is 2. The highest BCUT2D eigenvalue weighted by atomic mass is 16.2. The van der Waals surface area contributed by atoms with Crippen molar-refractivity contribution >= 4 is 11.4 Å². The van der Waals surface area contributed by atoms with Gasteiger partial charge in [0.05, 0.1) is 17.3 Å². The van der Waals surface area contributed by atoms with Crippen molar-refractivity contribution < 1.29 is 9.20 Å². The third-order valence-corrected chi connectivity index (χ3v) is 5.19. The molecule has 5 nitrogen and oxygen atoms in total. The number of fused-ring (bicyclic) bond motifs is 1. The number of carbonyl (C=O) groups is 1. The number of aromatic amines is 1. The van der Waals surface area contributed by atoms with Crippen molar-refractivity contribution in [2.45, 2.75) is 18.4 Å². The van der Waals surface area contributed by atoms with E-state index in [1.807, 2.05) is 59.1 Å². The summed E-state index contributed by atoms with van der Waals surface area (Å²) in [7, 11) is 0. The maximum atomic E-state index is 13.2. The van der Waals surface area contributed by atoms with Crippen LogP contribution >= 0.6 is 0 Å². The van der Waals surface area contributed by atoms with Crippen LogP contribution < -0.4 is 9.72 Å². The van der Waals surface area contributed by atoms with Gasteiger partial charge in [0.25, 0.3) is 11.7 Å². The number of hydrogen-bond donors (Lipinski definition) is 2. The fourth-order valence-electron chi connectivity index (χ4n) is 3.62. The Hall–Kier alpha value is -3.47. The van der Waals surface area contributed by atoms with E-state index >= 15 is 0 Å². The second-order valence-corrected chi connectivity index (χ2v) is 6.95. The fraction of sp³-hybridized carbons (Fsp3) is 0.136. The fourth-order valence-corrected chi connectivity index (χ4v) is 3.62. The number of rotatable bonds is 4. The molecule has 1 amide bonds. The van der Waals surface area contributed by atoms with Crippen LogP contribution in [0.2, 0.25) is 0 Å². The molecule has 0 atom stereocenters. The van der Waals surface area contributed by atoms with Gasteiger partial charge in [-0.05, 0) is 42.7 Å². The van der Waals surface area contributed by atoms with Crippen molar-refractivity contribution in [2.24, 2.45) is 0 Å². The SMILES string of the molecule is O=C(NC1(c2ccccc2)CC1)c1[nH]c(-c2cccnc2)[n+]2ccccc12. The van der Waals surface area contributed by atoms with Crippen LogP contribution in [0.1, 0.15) is 28.9 Å². The lowest BCUT2D eigenvalue weighted by Gasteiger charge is -2.16. The minimum Gasteiger partial charge on any atom is -0.339 e. The number of hydrogen-bond acceptors (Lipinski definition) is 2. The minimum absolute atomic E-state index is 0.0878. The molecular formula is C22H19N4O+. The summed E-state index contributed by atoms with van der Waals surface area (Å²) in [6.45, 7) is 0. The highest BCUT2D eigenvalue weighted by molar-refractivity contribution is 5.99. The Morgan fingerprint density at radius 3 is 2.59 bits per heavy atom. The maximum absolute atomic E-state index is 13.2.